The summed E-state index contributed by atoms with van der Waals surface area (Å²) in [6.07, 6.45) is 0. The molecule has 1 amide bonds. The highest BCUT2D eigenvalue weighted by molar-refractivity contribution is 7.92. The van der Waals surface area contributed by atoms with Crippen molar-refractivity contribution in [1.29, 1.82) is 0 Å². The maximum atomic E-state index is 13.1. The standard InChI is InChI=1S/C23H18FN3O4S2/c1-31-19-9-11-20(12-10-19)33(29,30)27-18-4-2-3-16(13-18)22(28)26-23-25-21(14-32-23)15-5-7-17(24)8-6-15/h2-14,27H,1H3,(H,25,26,28). The lowest BCUT2D eigenvalue weighted by Crippen LogP contribution is -2.15. The number of benzene rings is 3. The van der Waals surface area contributed by atoms with Crippen molar-refractivity contribution in [3.8, 4) is 17.0 Å². The van der Waals surface area contributed by atoms with Crippen LogP contribution in [0, 0.1) is 5.82 Å². The molecule has 0 unspecified atom stereocenters. The fourth-order valence-corrected chi connectivity index (χ4v) is 4.71. The van der Waals surface area contributed by atoms with Crippen LogP contribution >= 0.6 is 11.3 Å². The van der Waals surface area contributed by atoms with Gasteiger partial charge in [-0.25, -0.2) is 17.8 Å². The summed E-state index contributed by atoms with van der Waals surface area (Å²) in [5.41, 5.74) is 1.83. The van der Waals surface area contributed by atoms with Crippen molar-refractivity contribution in [2.45, 2.75) is 4.90 Å². The Balaban J connectivity index is 1.47. The molecule has 0 aliphatic heterocycles. The fourth-order valence-electron chi connectivity index (χ4n) is 2.95. The van der Waals surface area contributed by atoms with Crippen molar-refractivity contribution in [2.75, 3.05) is 17.1 Å². The molecule has 1 aromatic heterocycles. The first-order chi connectivity index (χ1) is 15.8. The average Bonchev–Trinajstić information content (AvgIpc) is 3.28. The maximum absolute atomic E-state index is 13.1. The first-order valence-electron chi connectivity index (χ1n) is 9.64. The van der Waals surface area contributed by atoms with E-state index in [1.165, 1.54) is 48.8 Å². The van der Waals surface area contributed by atoms with Crippen LogP contribution in [0.2, 0.25) is 0 Å². The zero-order chi connectivity index (χ0) is 23.4. The van der Waals surface area contributed by atoms with Gasteiger partial charge in [0.05, 0.1) is 17.7 Å². The van der Waals surface area contributed by atoms with Crippen LogP contribution in [-0.4, -0.2) is 26.4 Å². The first kappa shape index (κ1) is 22.4. The molecule has 168 valence electrons. The summed E-state index contributed by atoms with van der Waals surface area (Å²) in [7, 11) is -2.35. The molecular weight excluding hydrogens is 465 g/mol. The van der Waals surface area contributed by atoms with Gasteiger partial charge >= 0.3 is 0 Å². The lowest BCUT2D eigenvalue weighted by molar-refractivity contribution is 0.102. The highest BCUT2D eigenvalue weighted by Crippen LogP contribution is 2.26. The molecule has 0 bridgehead atoms. The predicted molar refractivity (Wildman–Crippen MR) is 126 cm³/mol. The van der Waals surface area contributed by atoms with Crippen molar-refractivity contribution >= 4 is 38.1 Å². The molecule has 0 saturated heterocycles. The van der Waals surface area contributed by atoms with E-state index < -0.39 is 15.9 Å². The number of carbonyl (C=O) groups is 1. The van der Waals surface area contributed by atoms with Crippen LogP contribution in [0.4, 0.5) is 15.2 Å². The molecule has 7 nitrogen and oxygen atoms in total. The highest BCUT2D eigenvalue weighted by atomic mass is 32.2. The summed E-state index contributed by atoms with van der Waals surface area (Å²) in [6, 6.07) is 18.0. The second-order valence-corrected chi connectivity index (χ2v) is 9.40. The minimum atomic E-state index is -3.84. The lowest BCUT2D eigenvalue weighted by atomic mass is 10.2. The third-order valence-corrected chi connectivity index (χ3v) is 6.77. The van der Waals surface area contributed by atoms with Crippen molar-refractivity contribution in [1.82, 2.24) is 4.98 Å². The van der Waals surface area contributed by atoms with E-state index in [2.05, 4.69) is 15.0 Å². The number of amides is 1. The molecule has 0 saturated carbocycles. The summed E-state index contributed by atoms with van der Waals surface area (Å²) < 4.78 is 45.9. The van der Waals surface area contributed by atoms with Crippen LogP contribution in [0.25, 0.3) is 11.3 Å². The number of methoxy groups -OCH3 is 1. The Bertz CT molecular complexity index is 1390. The van der Waals surface area contributed by atoms with Crippen LogP contribution in [-0.2, 0) is 10.0 Å². The van der Waals surface area contributed by atoms with Crippen LogP contribution < -0.4 is 14.8 Å². The van der Waals surface area contributed by atoms with Crippen LogP contribution in [0.1, 0.15) is 10.4 Å². The van der Waals surface area contributed by atoms with E-state index in [0.29, 0.717) is 16.6 Å². The number of rotatable bonds is 7. The second kappa shape index (κ2) is 9.39. The van der Waals surface area contributed by atoms with E-state index in [0.717, 1.165) is 5.56 Å². The molecule has 1 heterocycles. The molecule has 0 fully saturated rings. The maximum Gasteiger partial charge on any atom is 0.261 e. The van der Waals surface area contributed by atoms with E-state index in [1.807, 2.05) is 0 Å². The summed E-state index contributed by atoms with van der Waals surface area (Å²) >= 11 is 1.23. The molecular formula is C23H18FN3O4S2. The highest BCUT2D eigenvalue weighted by Gasteiger charge is 2.16. The summed E-state index contributed by atoms with van der Waals surface area (Å²) in [5, 5.41) is 4.81. The summed E-state index contributed by atoms with van der Waals surface area (Å²) in [4.78, 5) is 17.1. The Kier molecular flexibility index (Phi) is 6.38. The molecule has 4 aromatic rings. The van der Waals surface area contributed by atoms with E-state index in [-0.39, 0.29) is 22.0 Å². The number of sulfonamides is 1. The number of thiazole rings is 1. The molecule has 2 N–H and O–H groups in total. The second-order valence-electron chi connectivity index (χ2n) is 6.86. The van der Waals surface area contributed by atoms with Gasteiger partial charge in [-0.2, -0.15) is 0 Å². The Morgan fingerprint density at radius 1 is 1.03 bits per heavy atom. The van der Waals surface area contributed by atoms with Gasteiger partial charge in [0, 0.05) is 22.2 Å². The SMILES string of the molecule is COc1ccc(S(=O)(=O)Nc2cccc(C(=O)Nc3nc(-c4ccc(F)cc4)cs3)c2)cc1. The first-order valence-corrected chi connectivity index (χ1v) is 12.0. The number of nitrogens with zero attached hydrogens (tertiary/aromatic N) is 1. The number of aromatic nitrogens is 1. The van der Waals surface area contributed by atoms with Gasteiger partial charge in [-0.3, -0.25) is 14.8 Å². The number of carbonyl (C=O) groups excluding carboxylic acids is 1. The molecule has 3 aromatic carbocycles. The molecule has 0 spiro atoms. The Morgan fingerprint density at radius 2 is 1.76 bits per heavy atom. The van der Waals surface area contributed by atoms with E-state index in [4.69, 9.17) is 4.74 Å². The molecule has 33 heavy (non-hydrogen) atoms. The third kappa shape index (κ3) is 5.36. The van der Waals surface area contributed by atoms with Crippen molar-refractivity contribution < 1.29 is 22.3 Å². The van der Waals surface area contributed by atoms with Gasteiger partial charge in [0.2, 0.25) is 0 Å². The van der Waals surface area contributed by atoms with Crippen molar-refractivity contribution in [3.05, 3.63) is 89.6 Å². The summed E-state index contributed by atoms with van der Waals surface area (Å²) in [6.45, 7) is 0. The smallest absolute Gasteiger partial charge is 0.261 e. The van der Waals surface area contributed by atoms with Gasteiger partial charge in [0.15, 0.2) is 5.13 Å². The largest absolute Gasteiger partial charge is 0.497 e. The van der Waals surface area contributed by atoms with E-state index in [1.54, 1.807) is 47.8 Å². The minimum absolute atomic E-state index is 0.0641. The number of anilines is 2. The molecule has 0 aliphatic rings. The Hall–Kier alpha value is -3.76. The normalized spacial score (nSPS) is 11.1. The molecule has 0 aliphatic carbocycles. The Morgan fingerprint density at radius 3 is 2.45 bits per heavy atom. The monoisotopic (exact) mass is 483 g/mol. The third-order valence-electron chi connectivity index (χ3n) is 4.61. The van der Waals surface area contributed by atoms with Gasteiger partial charge in [0.25, 0.3) is 15.9 Å². The minimum Gasteiger partial charge on any atom is -0.497 e. The van der Waals surface area contributed by atoms with Gasteiger partial charge in [-0.15, -0.1) is 11.3 Å². The van der Waals surface area contributed by atoms with Gasteiger partial charge in [-0.1, -0.05) is 6.07 Å². The molecule has 4 rings (SSSR count). The topological polar surface area (TPSA) is 97.4 Å². The van der Waals surface area contributed by atoms with Gasteiger partial charge < -0.3 is 4.74 Å². The number of halogens is 1. The summed E-state index contributed by atoms with van der Waals surface area (Å²) in [5.74, 6) is -0.247. The molecule has 0 radical (unpaired) electrons. The number of hydrogen-bond acceptors (Lipinski definition) is 6. The number of ether oxygens (including phenoxy) is 1. The zero-order valence-corrected chi connectivity index (χ0v) is 18.9. The van der Waals surface area contributed by atoms with E-state index in [9.17, 15) is 17.6 Å². The average molecular weight is 484 g/mol. The quantitative estimate of drug-likeness (QED) is 0.385. The van der Waals surface area contributed by atoms with Gasteiger partial charge in [-0.05, 0) is 66.7 Å². The molecule has 10 heteroatoms. The number of hydrogen-bond donors (Lipinski definition) is 2. The Labute approximate surface area is 193 Å². The van der Waals surface area contributed by atoms with Crippen LogP contribution in [0.5, 0.6) is 5.75 Å². The predicted octanol–water partition coefficient (Wildman–Crippen LogP) is 5.01. The zero-order valence-electron chi connectivity index (χ0n) is 17.3. The lowest BCUT2D eigenvalue weighted by Gasteiger charge is -2.10. The van der Waals surface area contributed by atoms with Crippen LogP contribution in [0.3, 0.4) is 0 Å². The fraction of sp³-hybridized carbons (Fsp3) is 0.0435. The van der Waals surface area contributed by atoms with Gasteiger partial charge in [0.1, 0.15) is 11.6 Å². The van der Waals surface area contributed by atoms with Crippen molar-refractivity contribution in [3.63, 3.8) is 0 Å². The number of nitrogens with one attached hydrogen (secondary N) is 2. The molecule has 0 atom stereocenters. The van der Waals surface area contributed by atoms with Crippen LogP contribution in [0.15, 0.2) is 83.1 Å². The van der Waals surface area contributed by atoms with E-state index >= 15 is 0 Å². The van der Waals surface area contributed by atoms with Crippen molar-refractivity contribution in [2.24, 2.45) is 0 Å².